The van der Waals surface area contributed by atoms with Gasteiger partial charge in [0.1, 0.15) is 5.69 Å². The highest BCUT2D eigenvalue weighted by molar-refractivity contribution is 7.93. The van der Waals surface area contributed by atoms with E-state index in [-0.39, 0.29) is 11.2 Å². The molecular formula is C14H22N4O2S. The predicted molar refractivity (Wildman–Crippen MR) is 80.8 cm³/mol. The van der Waals surface area contributed by atoms with Gasteiger partial charge in [0.2, 0.25) is 0 Å². The molecular weight excluding hydrogens is 288 g/mol. The van der Waals surface area contributed by atoms with Crippen molar-refractivity contribution in [1.29, 1.82) is 4.78 Å². The molecule has 0 aromatic carbocycles. The molecule has 1 spiro atoms. The average Bonchev–Trinajstić information content (AvgIpc) is 2.62. The molecule has 0 radical (unpaired) electrons. The SMILES string of the molecule is CC(=O)c1cc2n(n1)CC1(CN(C(C)C)C2)CS(=N)(=O)C1. The first-order chi connectivity index (χ1) is 9.70. The van der Waals surface area contributed by atoms with Crippen molar-refractivity contribution in [3.63, 3.8) is 0 Å². The number of nitrogens with zero attached hydrogens (tertiary/aromatic N) is 3. The molecule has 1 aromatic heterocycles. The van der Waals surface area contributed by atoms with Gasteiger partial charge in [-0.25, -0.2) is 4.21 Å². The van der Waals surface area contributed by atoms with Gasteiger partial charge in [0.05, 0.1) is 5.69 Å². The fourth-order valence-corrected chi connectivity index (χ4v) is 5.71. The monoisotopic (exact) mass is 310 g/mol. The van der Waals surface area contributed by atoms with Crippen LogP contribution in [0.25, 0.3) is 0 Å². The van der Waals surface area contributed by atoms with Gasteiger partial charge in [-0.2, -0.15) is 5.10 Å². The summed E-state index contributed by atoms with van der Waals surface area (Å²) < 4.78 is 21.5. The Kier molecular flexibility index (Phi) is 3.25. The minimum Gasteiger partial charge on any atom is -0.294 e. The molecule has 2 aliphatic heterocycles. The number of nitrogens with one attached hydrogen (secondary N) is 1. The summed E-state index contributed by atoms with van der Waals surface area (Å²) >= 11 is 0. The van der Waals surface area contributed by atoms with E-state index in [1.807, 2.05) is 10.7 Å². The maximum atomic E-state index is 11.9. The lowest BCUT2D eigenvalue weighted by atomic mass is 9.91. The molecule has 6 nitrogen and oxygen atoms in total. The van der Waals surface area contributed by atoms with Crippen molar-refractivity contribution in [2.45, 2.75) is 39.9 Å². The Labute approximate surface area is 125 Å². The maximum Gasteiger partial charge on any atom is 0.179 e. The fraction of sp³-hybridized carbons (Fsp3) is 0.714. The second kappa shape index (κ2) is 4.64. The number of ketones is 1. The molecule has 1 fully saturated rings. The second-order valence-electron chi connectivity index (χ2n) is 6.83. The van der Waals surface area contributed by atoms with E-state index in [1.165, 1.54) is 6.92 Å². The highest BCUT2D eigenvalue weighted by Gasteiger charge is 2.49. The molecule has 7 heteroatoms. The third-order valence-corrected chi connectivity index (χ3v) is 6.58. The van der Waals surface area contributed by atoms with E-state index in [0.717, 1.165) is 18.8 Å². The Morgan fingerprint density at radius 3 is 2.62 bits per heavy atom. The largest absolute Gasteiger partial charge is 0.294 e. The van der Waals surface area contributed by atoms with Crippen LogP contribution in [-0.4, -0.2) is 48.8 Å². The van der Waals surface area contributed by atoms with Gasteiger partial charge in [-0.1, -0.05) is 0 Å². The van der Waals surface area contributed by atoms with Crippen molar-refractivity contribution >= 4 is 15.5 Å². The van der Waals surface area contributed by atoms with E-state index < -0.39 is 9.73 Å². The van der Waals surface area contributed by atoms with Crippen LogP contribution in [0, 0.1) is 10.2 Å². The maximum absolute atomic E-state index is 11.9. The van der Waals surface area contributed by atoms with E-state index in [0.29, 0.717) is 29.8 Å². The van der Waals surface area contributed by atoms with E-state index in [9.17, 15) is 9.00 Å². The molecule has 0 aliphatic carbocycles. The highest BCUT2D eigenvalue weighted by atomic mass is 32.2. The zero-order valence-electron chi connectivity index (χ0n) is 12.8. The molecule has 0 amide bonds. The van der Waals surface area contributed by atoms with E-state index in [1.54, 1.807) is 0 Å². The molecule has 1 saturated heterocycles. The predicted octanol–water partition coefficient (Wildman–Crippen LogP) is 1.36. The molecule has 116 valence electrons. The van der Waals surface area contributed by atoms with Crippen LogP contribution in [0.3, 0.4) is 0 Å². The van der Waals surface area contributed by atoms with Crippen LogP contribution in [-0.2, 0) is 22.8 Å². The molecule has 0 bridgehead atoms. The lowest BCUT2D eigenvalue weighted by Gasteiger charge is -2.45. The summed E-state index contributed by atoms with van der Waals surface area (Å²) in [6.07, 6.45) is 0. The van der Waals surface area contributed by atoms with E-state index in [2.05, 4.69) is 23.8 Å². The van der Waals surface area contributed by atoms with Crippen LogP contribution in [0.4, 0.5) is 0 Å². The normalized spacial score (nSPS) is 32.8. The Bertz CT molecular complexity index is 678. The van der Waals surface area contributed by atoms with Crippen molar-refractivity contribution in [3.05, 3.63) is 17.5 Å². The standard InChI is InChI=1S/C14H22N4O2S/c1-10(2)17-5-12-4-13(11(3)19)16-18(12)7-14(6-17)8-21(15,20)9-14/h4,10,15H,5-9H2,1-3H3. The molecule has 21 heavy (non-hydrogen) atoms. The van der Waals surface area contributed by atoms with Crippen LogP contribution in [0.5, 0.6) is 0 Å². The molecule has 0 unspecified atom stereocenters. The van der Waals surface area contributed by atoms with Gasteiger partial charge < -0.3 is 0 Å². The molecule has 0 atom stereocenters. The topological polar surface area (TPSA) is 79.1 Å². The molecule has 3 rings (SSSR count). The van der Waals surface area contributed by atoms with Crippen molar-refractivity contribution in [2.24, 2.45) is 5.41 Å². The molecule has 1 aromatic rings. The number of hydrogen-bond acceptors (Lipinski definition) is 5. The first-order valence-electron chi connectivity index (χ1n) is 7.26. The highest BCUT2D eigenvalue weighted by Crippen LogP contribution is 2.39. The lowest BCUT2D eigenvalue weighted by molar-refractivity contribution is 0.101. The average molecular weight is 310 g/mol. The first-order valence-corrected chi connectivity index (χ1v) is 9.15. The van der Waals surface area contributed by atoms with Gasteiger partial charge in [0.15, 0.2) is 5.78 Å². The van der Waals surface area contributed by atoms with Gasteiger partial charge in [-0.05, 0) is 19.9 Å². The Hall–Kier alpha value is -1.21. The van der Waals surface area contributed by atoms with E-state index >= 15 is 0 Å². The number of Topliss-reactive ketones (excluding diaryl/α,β-unsaturated/α-hetero) is 1. The van der Waals surface area contributed by atoms with Gasteiger partial charge >= 0.3 is 0 Å². The van der Waals surface area contributed by atoms with Gasteiger partial charge in [-0.15, -0.1) is 0 Å². The van der Waals surface area contributed by atoms with Gasteiger partial charge in [0.25, 0.3) is 0 Å². The van der Waals surface area contributed by atoms with Crippen LogP contribution in [0.2, 0.25) is 0 Å². The number of fused-ring (bicyclic) bond motifs is 1. The number of carbonyl (C=O) groups excluding carboxylic acids is 1. The molecule has 0 saturated carbocycles. The number of hydrogen-bond donors (Lipinski definition) is 1. The lowest BCUT2D eigenvalue weighted by Crippen LogP contribution is -2.56. The smallest absolute Gasteiger partial charge is 0.179 e. The molecule has 1 N–H and O–H groups in total. The summed E-state index contributed by atoms with van der Waals surface area (Å²) in [5.41, 5.74) is 1.40. The first kappa shape index (κ1) is 14.7. The third-order valence-electron chi connectivity index (χ3n) is 4.42. The number of aromatic nitrogens is 2. The van der Waals surface area contributed by atoms with E-state index in [4.69, 9.17) is 4.78 Å². The Morgan fingerprint density at radius 1 is 1.43 bits per heavy atom. The third kappa shape index (κ3) is 2.64. The number of carbonyl (C=O) groups is 1. The summed E-state index contributed by atoms with van der Waals surface area (Å²) in [5, 5.41) is 4.42. The summed E-state index contributed by atoms with van der Waals surface area (Å²) in [6.45, 7) is 8.07. The summed E-state index contributed by atoms with van der Waals surface area (Å²) in [5.74, 6) is 0.856. The second-order valence-corrected chi connectivity index (χ2v) is 9.04. The Morgan fingerprint density at radius 2 is 2.10 bits per heavy atom. The minimum absolute atomic E-state index is 0.0291. The van der Waals surface area contributed by atoms with Crippen molar-refractivity contribution in [1.82, 2.24) is 14.7 Å². The quantitative estimate of drug-likeness (QED) is 0.837. The molecule has 3 heterocycles. The van der Waals surface area contributed by atoms with Gasteiger partial charge in [-0.3, -0.25) is 19.2 Å². The van der Waals surface area contributed by atoms with Crippen molar-refractivity contribution in [3.8, 4) is 0 Å². The zero-order chi connectivity index (χ0) is 15.4. The minimum atomic E-state index is -2.40. The summed E-state index contributed by atoms with van der Waals surface area (Å²) in [6, 6.07) is 2.24. The van der Waals surface area contributed by atoms with Crippen molar-refractivity contribution in [2.75, 3.05) is 18.1 Å². The zero-order valence-corrected chi connectivity index (χ0v) is 13.6. The summed E-state index contributed by atoms with van der Waals surface area (Å²) in [7, 11) is -2.40. The summed E-state index contributed by atoms with van der Waals surface area (Å²) in [4.78, 5) is 13.9. The molecule has 2 aliphatic rings. The fourth-order valence-electron chi connectivity index (χ4n) is 3.45. The number of rotatable bonds is 2. The van der Waals surface area contributed by atoms with Crippen LogP contribution >= 0.6 is 0 Å². The van der Waals surface area contributed by atoms with Crippen LogP contribution in [0.15, 0.2) is 6.07 Å². The Balaban J connectivity index is 1.98. The van der Waals surface area contributed by atoms with Crippen LogP contribution in [0.1, 0.15) is 37.0 Å². The van der Waals surface area contributed by atoms with Crippen LogP contribution < -0.4 is 0 Å². The van der Waals surface area contributed by atoms with Gasteiger partial charge in [0, 0.05) is 59.2 Å². The van der Waals surface area contributed by atoms with Crippen molar-refractivity contribution < 1.29 is 9.00 Å².